The van der Waals surface area contributed by atoms with Crippen molar-refractivity contribution in [1.29, 1.82) is 0 Å². The first kappa shape index (κ1) is 89.4. The van der Waals surface area contributed by atoms with Gasteiger partial charge in [0.1, 0.15) is 73.8 Å². The molecule has 20 nitrogen and oxygen atoms in total. The van der Waals surface area contributed by atoms with Crippen LogP contribution in [0.2, 0.25) is 0 Å². The molecule has 8 unspecified atom stereocenters. The molecule has 8 atom stereocenters. The summed E-state index contributed by atoms with van der Waals surface area (Å²) in [4.78, 5) is 19.1. The van der Waals surface area contributed by atoms with E-state index in [9.17, 15) is 0 Å². The van der Waals surface area contributed by atoms with Crippen LogP contribution in [0.3, 0.4) is 0 Å². The van der Waals surface area contributed by atoms with E-state index in [2.05, 4.69) is 217 Å². The number of hydrogen-bond acceptors (Lipinski definition) is 20. The van der Waals surface area contributed by atoms with Gasteiger partial charge in [-0.2, -0.15) is 0 Å². The fourth-order valence-electron chi connectivity index (χ4n) is 19.8. The summed E-state index contributed by atoms with van der Waals surface area (Å²) in [5.41, 5.74) is 10.8. The van der Waals surface area contributed by atoms with Crippen molar-refractivity contribution in [2.24, 2.45) is 17.8 Å². The summed E-state index contributed by atoms with van der Waals surface area (Å²) in [6.45, 7) is 54.2. The van der Waals surface area contributed by atoms with Crippen molar-refractivity contribution >= 4 is 22.7 Å². The molecule has 8 heterocycles. The molecule has 4 aromatic rings. The number of piperazine rings is 4. The largest absolute Gasteiger partial charge is 0.491 e. The van der Waals surface area contributed by atoms with Crippen molar-refractivity contribution in [3.05, 3.63) is 170 Å². The Morgan fingerprint density at radius 1 is 0.353 bits per heavy atom. The Kier molecular flexibility index (Phi) is 32.4. The highest BCUT2D eigenvalue weighted by atomic mass is 16.8. The Labute approximate surface area is 714 Å². The van der Waals surface area contributed by atoms with E-state index in [4.69, 9.17) is 56.8 Å². The summed E-state index contributed by atoms with van der Waals surface area (Å²) in [6, 6.07) is 33.8. The third kappa shape index (κ3) is 23.9. The highest BCUT2D eigenvalue weighted by molar-refractivity contribution is 5.53. The van der Waals surface area contributed by atoms with Crippen LogP contribution >= 0.6 is 0 Å². The van der Waals surface area contributed by atoms with Crippen molar-refractivity contribution in [2.75, 3.05) is 177 Å². The van der Waals surface area contributed by atoms with E-state index >= 15 is 0 Å². The molecule has 119 heavy (non-hydrogen) atoms. The van der Waals surface area contributed by atoms with Crippen molar-refractivity contribution in [3.8, 4) is 23.0 Å². The lowest BCUT2D eigenvalue weighted by atomic mass is 9.81. The fourth-order valence-corrected chi connectivity index (χ4v) is 19.8. The standard InChI is InChI=1S/C26H40N2O3.2C25H38N2O3.C23H30N2O3/c1-4-14-26(22-8-6-5-7-9-22)30-20-25(31-26)19-29-24-12-10-23(11-13-24)28-17-15-27(16-18-28)21(2)3;1-4-13-25(21-7-5-6-8-21)29-19-24(30-25)18-28-23-11-9-22(10-12-23)27-16-14-26(15-17-27)20(2)3;1-4-25(21-8-6-5-7-9-21)29-19-24(30-25)18-28-23-12-10-22(11-13-23)27-16-14-26(15-17-27)20(2)3;1-18(2)24-12-14-25(15-13-24)20-8-10-21(11-9-20)26-16-22-17-27-23(3,28-22)19-6-4-5-7-19/h10-13,22,25H,2,4-9,14-20H2,1,3H3;9-12,21,24H,2,4-8,13-19H2,1,3H3;10-13,21,24H,2,4-9,14-19H2,1,3H3;4-6,8-11,22H,1,7,12-17H2,2-3H3. The molecule has 0 aromatic heterocycles. The van der Waals surface area contributed by atoms with Gasteiger partial charge in [-0.1, -0.05) is 130 Å². The zero-order chi connectivity index (χ0) is 83.2. The van der Waals surface area contributed by atoms with Gasteiger partial charge in [0.25, 0.3) is 0 Å². The van der Waals surface area contributed by atoms with Gasteiger partial charge in [-0.3, -0.25) is 0 Å². The number of hydrogen-bond donors (Lipinski definition) is 0. The van der Waals surface area contributed by atoms with Crippen LogP contribution in [0, 0.1) is 17.8 Å². The molecular formula is C99H146N8O12. The molecular weight excluding hydrogens is 1490 g/mol. The van der Waals surface area contributed by atoms with E-state index in [-0.39, 0.29) is 41.8 Å². The van der Waals surface area contributed by atoms with Gasteiger partial charge in [0, 0.05) is 181 Å². The minimum atomic E-state index is -0.618. The molecule has 4 aliphatic carbocycles. The fraction of sp³-hybridized carbons (Fsp3) is 0.636. The molecule has 16 rings (SSSR count). The van der Waals surface area contributed by atoms with Gasteiger partial charge in [-0.05, 0) is 189 Å². The molecule has 0 spiro atoms. The van der Waals surface area contributed by atoms with E-state index in [0.29, 0.717) is 70.6 Å². The monoisotopic (exact) mass is 1640 g/mol. The number of anilines is 4. The minimum absolute atomic E-state index is 0.0155. The van der Waals surface area contributed by atoms with Gasteiger partial charge in [-0.15, -0.1) is 0 Å². The number of ether oxygens (including phenoxy) is 12. The van der Waals surface area contributed by atoms with Gasteiger partial charge in [0.2, 0.25) is 0 Å². The predicted molar refractivity (Wildman–Crippen MR) is 479 cm³/mol. The van der Waals surface area contributed by atoms with E-state index < -0.39 is 5.79 Å². The van der Waals surface area contributed by atoms with Crippen LogP contribution in [-0.4, -0.2) is 225 Å². The molecule has 0 radical (unpaired) electrons. The Hall–Kier alpha value is -7.40. The first-order valence-electron chi connectivity index (χ1n) is 46.0. The molecule has 4 aromatic carbocycles. The third-order valence-corrected chi connectivity index (χ3v) is 26.9. The van der Waals surface area contributed by atoms with Crippen molar-refractivity contribution in [3.63, 3.8) is 0 Å². The lowest BCUT2D eigenvalue weighted by Gasteiger charge is -2.38. The first-order chi connectivity index (χ1) is 57.8. The van der Waals surface area contributed by atoms with Crippen LogP contribution in [-0.2, 0) is 37.9 Å². The normalized spacial score (nSPS) is 27.6. The van der Waals surface area contributed by atoms with Crippen molar-refractivity contribution in [2.45, 2.75) is 231 Å². The molecule has 654 valence electrons. The van der Waals surface area contributed by atoms with Crippen LogP contribution in [0.15, 0.2) is 170 Å². The second-order valence-corrected chi connectivity index (χ2v) is 35.5. The Bertz CT molecular complexity index is 3850. The second-order valence-electron chi connectivity index (χ2n) is 35.5. The molecule has 12 aliphatic rings. The summed E-state index contributed by atoms with van der Waals surface area (Å²) < 4.78 is 74.5. The lowest BCUT2D eigenvalue weighted by molar-refractivity contribution is -0.217. The zero-order valence-electron chi connectivity index (χ0n) is 73.9. The number of benzene rings is 4. The number of allylic oxidation sites excluding steroid dienone is 7. The molecule has 11 fully saturated rings. The number of nitrogens with zero attached hydrogens (tertiary/aromatic N) is 8. The van der Waals surface area contributed by atoms with Crippen molar-refractivity contribution in [1.82, 2.24) is 19.6 Å². The molecule has 8 aliphatic heterocycles. The van der Waals surface area contributed by atoms with Crippen LogP contribution in [0.25, 0.3) is 0 Å². The van der Waals surface area contributed by atoms with Gasteiger partial charge >= 0.3 is 0 Å². The summed E-state index contributed by atoms with van der Waals surface area (Å²) in [5.74, 6) is 3.44. The predicted octanol–water partition coefficient (Wildman–Crippen LogP) is 18.6. The molecule has 20 heteroatoms. The molecule has 0 bridgehead atoms. The average Bonchev–Trinajstić information content (AvgIpc) is 1.74. The van der Waals surface area contributed by atoms with E-state index in [0.717, 1.165) is 189 Å². The van der Waals surface area contributed by atoms with Gasteiger partial charge in [0.15, 0.2) is 23.1 Å². The summed E-state index contributed by atoms with van der Waals surface area (Å²) in [7, 11) is 0. The van der Waals surface area contributed by atoms with E-state index in [1.807, 2.05) is 19.1 Å². The summed E-state index contributed by atoms with van der Waals surface area (Å²) in [5, 5.41) is 0. The quantitative estimate of drug-likeness (QED) is 0.0509. The van der Waals surface area contributed by atoms with Gasteiger partial charge < -0.3 is 96.0 Å². The summed E-state index contributed by atoms with van der Waals surface area (Å²) in [6.07, 6.45) is 30.1. The Morgan fingerprint density at radius 3 is 0.899 bits per heavy atom. The maximum Gasteiger partial charge on any atom is 0.189 e. The van der Waals surface area contributed by atoms with Crippen LogP contribution in [0.1, 0.15) is 184 Å². The molecule has 3 saturated carbocycles. The highest BCUT2D eigenvalue weighted by Gasteiger charge is 2.51. The highest BCUT2D eigenvalue weighted by Crippen LogP contribution is 2.47. The first-order valence-corrected chi connectivity index (χ1v) is 46.0. The smallest absolute Gasteiger partial charge is 0.189 e. The van der Waals surface area contributed by atoms with Gasteiger partial charge in [-0.25, -0.2) is 0 Å². The second kappa shape index (κ2) is 43.1. The Balaban J connectivity index is 0.000000137. The molecule has 0 N–H and O–H groups in total. The van der Waals surface area contributed by atoms with Crippen LogP contribution < -0.4 is 38.5 Å². The maximum absolute atomic E-state index is 6.53. The molecule has 0 amide bonds. The van der Waals surface area contributed by atoms with Crippen LogP contribution in [0.5, 0.6) is 23.0 Å². The molecule has 8 saturated heterocycles. The maximum atomic E-state index is 6.53. The minimum Gasteiger partial charge on any atom is -0.491 e. The van der Waals surface area contributed by atoms with E-state index in [1.54, 1.807) is 0 Å². The summed E-state index contributed by atoms with van der Waals surface area (Å²) >= 11 is 0. The van der Waals surface area contributed by atoms with Gasteiger partial charge in [0.05, 0.1) is 26.4 Å². The zero-order valence-corrected chi connectivity index (χ0v) is 73.9. The SMILES string of the molecule is C=C(C)N1CCN(c2ccc(OCC3COC(C)(C4=CC=CC4)O3)cc2)CC1.C=C(C)N1CCN(c2ccc(OCC3COC(CC)(C4CCCCC4)O3)cc2)CC1.C=C(C)N1CCN(c2ccc(OCC3COC(CCC)(C4CCCC4)O3)cc2)CC1.C=C(C)N1CCN(c2ccc(OCC3COC(CCC)(C4CCCCC4)O3)cc2)CC1. The van der Waals surface area contributed by atoms with Crippen LogP contribution in [0.4, 0.5) is 22.7 Å². The average molecular weight is 1640 g/mol. The number of rotatable bonds is 29. The Morgan fingerprint density at radius 2 is 0.622 bits per heavy atom. The van der Waals surface area contributed by atoms with E-state index in [1.165, 1.54) is 118 Å². The third-order valence-electron chi connectivity index (χ3n) is 26.9. The lowest BCUT2D eigenvalue weighted by Crippen LogP contribution is -2.45. The van der Waals surface area contributed by atoms with Crippen molar-refractivity contribution < 1.29 is 56.8 Å². The topological polar surface area (TPSA) is 137 Å².